The van der Waals surface area contributed by atoms with Crippen molar-refractivity contribution in [3.8, 4) is 11.8 Å². The minimum absolute atomic E-state index is 0.0518. The van der Waals surface area contributed by atoms with Gasteiger partial charge in [-0.05, 0) is 25.0 Å². The van der Waals surface area contributed by atoms with Gasteiger partial charge in [0.15, 0.2) is 0 Å². The van der Waals surface area contributed by atoms with Crippen LogP contribution >= 0.6 is 0 Å². The Hall–Kier alpha value is -2.02. The van der Waals surface area contributed by atoms with E-state index < -0.39 is 6.09 Å². The monoisotopic (exact) mass is 204 g/mol. The molecule has 0 aliphatic heterocycles. The van der Waals surface area contributed by atoms with Gasteiger partial charge >= 0.3 is 6.09 Å². The molecule has 15 heavy (non-hydrogen) atoms. The molecule has 0 aliphatic rings. The van der Waals surface area contributed by atoms with E-state index in [2.05, 4.69) is 5.32 Å². The van der Waals surface area contributed by atoms with Gasteiger partial charge in [-0.25, -0.2) is 4.79 Å². The van der Waals surface area contributed by atoms with Gasteiger partial charge in [0, 0.05) is 0 Å². The number of benzene rings is 1. The molecule has 1 amide bonds. The van der Waals surface area contributed by atoms with E-state index in [1.165, 1.54) is 0 Å². The second-order valence-electron chi connectivity index (χ2n) is 3.12. The summed E-state index contributed by atoms with van der Waals surface area (Å²) in [4.78, 5) is 11.2. The normalized spacial score (nSPS) is 9.13. The van der Waals surface area contributed by atoms with E-state index in [0.717, 1.165) is 11.1 Å². The lowest BCUT2D eigenvalue weighted by Gasteiger charge is -2.09. The third kappa shape index (κ3) is 2.99. The molecular weight excluding hydrogens is 192 g/mol. The van der Waals surface area contributed by atoms with Crippen LogP contribution in [0.25, 0.3) is 0 Å². The van der Waals surface area contributed by atoms with Crippen LogP contribution in [0.15, 0.2) is 18.2 Å². The highest BCUT2D eigenvalue weighted by atomic mass is 16.6. The number of rotatable bonds is 2. The largest absolute Gasteiger partial charge is 0.413 e. The molecule has 0 atom stereocenters. The van der Waals surface area contributed by atoms with Crippen molar-refractivity contribution in [2.75, 3.05) is 6.54 Å². The number of amides is 1. The first-order chi connectivity index (χ1) is 7.15. The predicted octanol–water partition coefficient (Wildman–Crippen LogP) is 1.92. The van der Waals surface area contributed by atoms with Crippen LogP contribution in [0.5, 0.6) is 5.75 Å². The Kier molecular flexibility index (Phi) is 3.69. The van der Waals surface area contributed by atoms with Gasteiger partial charge in [0.2, 0.25) is 0 Å². The maximum atomic E-state index is 11.2. The Morgan fingerprint density at radius 2 is 2.07 bits per heavy atom. The third-order valence-electron chi connectivity index (χ3n) is 1.92. The van der Waals surface area contributed by atoms with E-state index in [-0.39, 0.29) is 6.54 Å². The number of carbonyl (C=O) groups excluding carboxylic acids is 1. The summed E-state index contributed by atoms with van der Waals surface area (Å²) in [5.74, 6) is 0.549. The van der Waals surface area contributed by atoms with Gasteiger partial charge in [-0.15, -0.1) is 0 Å². The smallest absolute Gasteiger partial charge is 0.410 e. The molecule has 78 valence electrons. The molecule has 1 N–H and O–H groups in total. The number of hydrogen-bond donors (Lipinski definition) is 1. The summed E-state index contributed by atoms with van der Waals surface area (Å²) in [5.41, 5.74) is 1.78. The molecule has 0 saturated carbocycles. The zero-order valence-electron chi connectivity index (χ0n) is 8.70. The minimum atomic E-state index is -0.603. The minimum Gasteiger partial charge on any atom is -0.410 e. The number of para-hydroxylation sites is 1. The van der Waals surface area contributed by atoms with Crippen LogP contribution in [0.3, 0.4) is 0 Å². The number of carbonyl (C=O) groups is 1. The van der Waals surface area contributed by atoms with Crippen molar-refractivity contribution >= 4 is 6.09 Å². The molecule has 0 heterocycles. The molecule has 4 heteroatoms. The van der Waals surface area contributed by atoms with Crippen LogP contribution in [0.4, 0.5) is 4.79 Å². The first-order valence-electron chi connectivity index (χ1n) is 4.54. The van der Waals surface area contributed by atoms with Crippen molar-refractivity contribution < 1.29 is 9.53 Å². The summed E-state index contributed by atoms with van der Waals surface area (Å²) >= 11 is 0. The molecule has 1 aromatic carbocycles. The molecule has 1 rings (SSSR count). The van der Waals surface area contributed by atoms with Gasteiger partial charge in [0.1, 0.15) is 12.3 Å². The van der Waals surface area contributed by atoms with E-state index in [4.69, 9.17) is 10.00 Å². The average molecular weight is 204 g/mol. The van der Waals surface area contributed by atoms with Gasteiger partial charge in [-0.2, -0.15) is 5.26 Å². The molecule has 0 fully saturated rings. The standard InChI is InChI=1S/C11H12N2O2/c1-8-4-3-5-9(2)10(8)15-11(14)13-7-6-12/h3-5H,7H2,1-2H3,(H,13,14). The molecular formula is C11H12N2O2. The highest BCUT2D eigenvalue weighted by Crippen LogP contribution is 2.22. The van der Waals surface area contributed by atoms with Crippen LogP contribution in [0.1, 0.15) is 11.1 Å². The number of hydrogen-bond acceptors (Lipinski definition) is 3. The predicted molar refractivity (Wildman–Crippen MR) is 55.6 cm³/mol. The van der Waals surface area contributed by atoms with Gasteiger partial charge in [0.05, 0.1) is 6.07 Å². The average Bonchev–Trinajstić information content (AvgIpc) is 2.21. The zero-order valence-corrected chi connectivity index (χ0v) is 8.70. The van der Waals surface area contributed by atoms with Crippen molar-refractivity contribution in [1.82, 2.24) is 5.32 Å². The second kappa shape index (κ2) is 5.01. The van der Waals surface area contributed by atoms with Gasteiger partial charge in [-0.1, -0.05) is 18.2 Å². The summed E-state index contributed by atoms with van der Waals surface area (Å²) in [7, 11) is 0. The van der Waals surface area contributed by atoms with Crippen molar-refractivity contribution in [3.05, 3.63) is 29.3 Å². The molecule has 0 saturated heterocycles. The summed E-state index contributed by atoms with van der Waals surface area (Å²) in [5, 5.41) is 10.6. The second-order valence-corrected chi connectivity index (χ2v) is 3.12. The highest BCUT2D eigenvalue weighted by molar-refractivity contribution is 5.71. The van der Waals surface area contributed by atoms with E-state index in [1.807, 2.05) is 32.0 Å². The fourth-order valence-electron chi connectivity index (χ4n) is 1.20. The van der Waals surface area contributed by atoms with Gasteiger partial charge in [0.25, 0.3) is 0 Å². The number of nitriles is 1. The lowest BCUT2D eigenvalue weighted by molar-refractivity contribution is 0.201. The van der Waals surface area contributed by atoms with E-state index in [1.54, 1.807) is 6.07 Å². The van der Waals surface area contributed by atoms with Crippen molar-refractivity contribution in [1.29, 1.82) is 5.26 Å². The molecule has 0 aliphatic carbocycles. The summed E-state index contributed by atoms with van der Waals surface area (Å²) in [6.45, 7) is 3.67. The molecule has 0 unspecified atom stereocenters. The Morgan fingerprint density at radius 3 is 2.60 bits per heavy atom. The van der Waals surface area contributed by atoms with Crippen LogP contribution < -0.4 is 10.1 Å². The molecule has 0 radical (unpaired) electrons. The van der Waals surface area contributed by atoms with Crippen LogP contribution in [0.2, 0.25) is 0 Å². The number of ether oxygens (including phenoxy) is 1. The van der Waals surface area contributed by atoms with Crippen molar-refractivity contribution in [2.45, 2.75) is 13.8 Å². The Labute approximate surface area is 88.5 Å². The fourth-order valence-corrected chi connectivity index (χ4v) is 1.20. The van der Waals surface area contributed by atoms with Crippen LogP contribution in [-0.4, -0.2) is 12.6 Å². The Bertz CT molecular complexity index is 387. The summed E-state index contributed by atoms with van der Waals surface area (Å²) in [6, 6.07) is 7.42. The summed E-state index contributed by atoms with van der Waals surface area (Å²) < 4.78 is 5.08. The SMILES string of the molecule is Cc1cccc(C)c1OC(=O)NCC#N. The van der Waals surface area contributed by atoms with Gasteiger partial charge < -0.3 is 10.1 Å². The van der Waals surface area contributed by atoms with E-state index in [0.29, 0.717) is 5.75 Å². The van der Waals surface area contributed by atoms with Crippen molar-refractivity contribution in [2.24, 2.45) is 0 Å². The van der Waals surface area contributed by atoms with E-state index in [9.17, 15) is 4.79 Å². The molecule has 0 spiro atoms. The highest BCUT2D eigenvalue weighted by Gasteiger charge is 2.08. The fraction of sp³-hybridized carbons (Fsp3) is 0.273. The molecule has 1 aromatic rings. The lowest BCUT2D eigenvalue weighted by atomic mass is 10.1. The number of aryl methyl sites for hydroxylation is 2. The van der Waals surface area contributed by atoms with Gasteiger partial charge in [-0.3, -0.25) is 0 Å². The molecule has 0 bridgehead atoms. The molecule has 4 nitrogen and oxygen atoms in total. The summed E-state index contributed by atoms with van der Waals surface area (Å²) in [6.07, 6.45) is -0.603. The Balaban J connectivity index is 2.73. The van der Waals surface area contributed by atoms with Crippen LogP contribution in [0, 0.1) is 25.2 Å². The molecule has 0 aromatic heterocycles. The topological polar surface area (TPSA) is 62.1 Å². The zero-order chi connectivity index (χ0) is 11.3. The van der Waals surface area contributed by atoms with Crippen molar-refractivity contribution in [3.63, 3.8) is 0 Å². The first kappa shape index (κ1) is 11.1. The third-order valence-corrected chi connectivity index (χ3v) is 1.92. The van der Waals surface area contributed by atoms with Crippen LogP contribution in [-0.2, 0) is 0 Å². The van der Waals surface area contributed by atoms with E-state index >= 15 is 0 Å². The Morgan fingerprint density at radius 1 is 1.47 bits per heavy atom. The number of nitrogens with zero attached hydrogens (tertiary/aromatic N) is 1. The quantitative estimate of drug-likeness (QED) is 0.748. The maximum absolute atomic E-state index is 11.2. The maximum Gasteiger partial charge on any atom is 0.413 e. The number of nitrogens with one attached hydrogen (secondary N) is 1. The lowest BCUT2D eigenvalue weighted by Crippen LogP contribution is -2.27. The first-order valence-corrected chi connectivity index (χ1v) is 4.54.